The molecule has 2 heterocycles. The molecule has 1 saturated heterocycles. The van der Waals surface area contributed by atoms with Gasteiger partial charge in [0.1, 0.15) is 5.82 Å². The lowest BCUT2D eigenvalue weighted by molar-refractivity contribution is 0.101. The van der Waals surface area contributed by atoms with E-state index in [2.05, 4.69) is 9.88 Å². The quantitative estimate of drug-likeness (QED) is 0.627. The number of oxazole rings is 1. The SMILES string of the molecule is CC(=O)c1ccc(N2CCN(Cc3ncc(-c4ccccc4)o3)CC2)c(F)c1. The summed E-state index contributed by atoms with van der Waals surface area (Å²) in [6, 6.07) is 14.6. The minimum absolute atomic E-state index is 0.129. The molecule has 5 nitrogen and oxygen atoms in total. The highest BCUT2D eigenvalue weighted by atomic mass is 19.1. The number of nitrogens with zero attached hydrogens (tertiary/aromatic N) is 3. The molecular weight excluding hydrogens is 357 g/mol. The number of hydrogen-bond acceptors (Lipinski definition) is 5. The fourth-order valence-corrected chi connectivity index (χ4v) is 3.44. The third kappa shape index (κ3) is 3.97. The number of anilines is 1. The van der Waals surface area contributed by atoms with Crippen molar-refractivity contribution in [2.24, 2.45) is 0 Å². The third-order valence-electron chi connectivity index (χ3n) is 5.04. The molecular formula is C22H22FN3O2. The normalized spacial score (nSPS) is 15.0. The van der Waals surface area contributed by atoms with Gasteiger partial charge < -0.3 is 9.32 Å². The Labute approximate surface area is 163 Å². The van der Waals surface area contributed by atoms with Gasteiger partial charge in [0.05, 0.1) is 18.4 Å². The average molecular weight is 379 g/mol. The number of Topliss-reactive ketones (excluding diaryl/α,β-unsaturated/α-hetero) is 1. The molecule has 144 valence electrons. The van der Waals surface area contributed by atoms with Gasteiger partial charge in [-0.2, -0.15) is 0 Å². The Hall–Kier alpha value is -2.99. The van der Waals surface area contributed by atoms with Gasteiger partial charge in [-0.05, 0) is 25.1 Å². The average Bonchev–Trinajstić information content (AvgIpc) is 3.18. The Morgan fingerprint density at radius 1 is 1.11 bits per heavy atom. The van der Waals surface area contributed by atoms with Gasteiger partial charge in [-0.25, -0.2) is 9.37 Å². The van der Waals surface area contributed by atoms with Crippen molar-refractivity contribution in [3.8, 4) is 11.3 Å². The maximum atomic E-state index is 14.4. The van der Waals surface area contributed by atoms with E-state index in [4.69, 9.17) is 4.42 Å². The predicted molar refractivity (Wildman–Crippen MR) is 106 cm³/mol. The monoisotopic (exact) mass is 379 g/mol. The van der Waals surface area contributed by atoms with Gasteiger partial charge in [0.15, 0.2) is 11.5 Å². The first kappa shape index (κ1) is 18.4. The van der Waals surface area contributed by atoms with Crippen molar-refractivity contribution in [2.45, 2.75) is 13.5 Å². The molecule has 1 fully saturated rings. The molecule has 1 aromatic heterocycles. The van der Waals surface area contributed by atoms with Crippen LogP contribution in [0.1, 0.15) is 23.2 Å². The highest BCUT2D eigenvalue weighted by molar-refractivity contribution is 5.94. The summed E-state index contributed by atoms with van der Waals surface area (Å²) in [6.45, 7) is 5.07. The van der Waals surface area contributed by atoms with Gasteiger partial charge in [0, 0.05) is 37.3 Å². The van der Waals surface area contributed by atoms with E-state index in [0.717, 1.165) is 24.4 Å². The van der Waals surface area contributed by atoms with Crippen LogP contribution in [-0.2, 0) is 6.54 Å². The van der Waals surface area contributed by atoms with Gasteiger partial charge in [-0.15, -0.1) is 0 Å². The number of halogens is 1. The van der Waals surface area contributed by atoms with Crippen molar-refractivity contribution in [3.05, 3.63) is 72.0 Å². The molecule has 0 saturated carbocycles. The minimum atomic E-state index is -0.346. The maximum Gasteiger partial charge on any atom is 0.209 e. The molecule has 4 rings (SSSR count). The van der Waals surface area contributed by atoms with Gasteiger partial charge in [0.2, 0.25) is 5.89 Å². The zero-order valence-electron chi connectivity index (χ0n) is 15.8. The smallest absolute Gasteiger partial charge is 0.209 e. The van der Waals surface area contributed by atoms with Crippen molar-refractivity contribution in [1.29, 1.82) is 0 Å². The van der Waals surface area contributed by atoms with Crippen LogP contribution in [0.3, 0.4) is 0 Å². The van der Waals surface area contributed by atoms with Gasteiger partial charge >= 0.3 is 0 Å². The van der Waals surface area contributed by atoms with Crippen LogP contribution in [0.25, 0.3) is 11.3 Å². The molecule has 6 heteroatoms. The number of carbonyl (C=O) groups excluding carboxylic acids is 1. The number of hydrogen-bond donors (Lipinski definition) is 0. The first-order valence-electron chi connectivity index (χ1n) is 9.38. The lowest BCUT2D eigenvalue weighted by atomic mass is 10.1. The first-order chi connectivity index (χ1) is 13.6. The Bertz CT molecular complexity index is 963. The molecule has 3 aromatic rings. The molecule has 0 aliphatic carbocycles. The number of aromatic nitrogens is 1. The minimum Gasteiger partial charge on any atom is -0.439 e. The number of piperazine rings is 1. The van der Waals surface area contributed by atoms with E-state index in [1.807, 2.05) is 35.2 Å². The van der Waals surface area contributed by atoms with Gasteiger partial charge in [0.25, 0.3) is 0 Å². The largest absolute Gasteiger partial charge is 0.439 e. The number of rotatable bonds is 5. The third-order valence-corrected chi connectivity index (χ3v) is 5.04. The maximum absolute atomic E-state index is 14.4. The van der Waals surface area contributed by atoms with E-state index in [0.29, 0.717) is 36.8 Å². The second kappa shape index (κ2) is 7.94. The summed E-state index contributed by atoms with van der Waals surface area (Å²) in [5.41, 5.74) is 1.96. The summed E-state index contributed by atoms with van der Waals surface area (Å²) in [7, 11) is 0. The molecule has 0 spiro atoms. The summed E-state index contributed by atoms with van der Waals surface area (Å²) in [6.07, 6.45) is 1.76. The van der Waals surface area contributed by atoms with E-state index < -0.39 is 0 Å². The van der Waals surface area contributed by atoms with Gasteiger partial charge in [-0.3, -0.25) is 9.69 Å². The molecule has 0 N–H and O–H groups in total. The van der Waals surface area contributed by atoms with Crippen molar-refractivity contribution in [3.63, 3.8) is 0 Å². The van der Waals surface area contributed by atoms with E-state index in [9.17, 15) is 9.18 Å². The summed E-state index contributed by atoms with van der Waals surface area (Å²) in [5, 5.41) is 0. The molecule has 2 aromatic carbocycles. The lowest BCUT2D eigenvalue weighted by Gasteiger charge is -2.35. The zero-order chi connectivity index (χ0) is 19.5. The van der Waals surface area contributed by atoms with Crippen molar-refractivity contribution in [1.82, 2.24) is 9.88 Å². The van der Waals surface area contributed by atoms with Crippen LogP contribution < -0.4 is 4.90 Å². The fourth-order valence-electron chi connectivity index (χ4n) is 3.44. The van der Waals surface area contributed by atoms with Crippen molar-refractivity contribution < 1.29 is 13.6 Å². The number of ketones is 1. The molecule has 0 radical (unpaired) electrons. The summed E-state index contributed by atoms with van der Waals surface area (Å²) in [5.74, 6) is 0.976. The van der Waals surface area contributed by atoms with Crippen LogP contribution in [0.5, 0.6) is 0 Å². The van der Waals surface area contributed by atoms with E-state index in [-0.39, 0.29) is 11.6 Å². The molecule has 1 aliphatic rings. The molecule has 0 atom stereocenters. The van der Waals surface area contributed by atoms with Crippen LogP contribution in [0, 0.1) is 5.82 Å². The van der Waals surface area contributed by atoms with Crippen LogP contribution >= 0.6 is 0 Å². The van der Waals surface area contributed by atoms with E-state index >= 15 is 0 Å². The molecule has 0 bridgehead atoms. The number of carbonyl (C=O) groups is 1. The fraction of sp³-hybridized carbons (Fsp3) is 0.273. The summed E-state index contributed by atoms with van der Waals surface area (Å²) >= 11 is 0. The Morgan fingerprint density at radius 3 is 2.54 bits per heavy atom. The standard InChI is InChI=1S/C22H22FN3O2/c1-16(27)18-7-8-20(19(23)13-18)26-11-9-25(10-12-26)15-22-24-14-21(28-22)17-5-3-2-4-6-17/h2-8,13-14H,9-12,15H2,1H3. The Kier molecular flexibility index (Phi) is 5.21. The van der Waals surface area contributed by atoms with E-state index in [1.54, 1.807) is 18.3 Å². The lowest BCUT2D eigenvalue weighted by Crippen LogP contribution is -2.46. The zero-order valence-corrected chi connectivity index (χ0v) is 15.8. The van der Waals surface area contributed by atoms with Crippen molar-refractivity contribution in [2.75, 3.05) is 31.1 Å². The van der Waals surface area contributed by atoms with Crippen LogP contribution in [0.15, 0.2) is 59.1 Å². The molecule has 28 heavy (non-hydrogen) atoms. The first-order valence-corrected chi connectivity index (χ1v) is 9.38. The number of benzene rings is 2. The Balaban J connectivity index is 1.36. The second-order valence-electron chi connectivity index (χ2n) is 6.97. The highest BCUT2D eigenvalue weighted by Gasteiger charge is 2.21. The molecule has 0 amide bonds. The topological polar surface area (TPSA) is 49.6 Å². The van der Waals surface area contributed by atoms with Gasteiger partial charge in [-0.1, -0.05) is 30.3 Å². The van der Waals surface area contributed by atoms with Crippen LogP contribution in [0.4, 0.5) is 10.1 Å². The molecule has 0 unspecified atom stereocenters. The molecule has 1 aliphatic heterocycles. The van der Waals surface area contributed by atoms with E-state index in [1.165, 1.54) is 13.0 Å². The van der Waals surface area contributed by atoms with Crippen LogP contribution in [-0.4, -0.2) is 41.8 Å². The Morgan fingerprint density at radius 2 is 1.86 bits per heavy atom. The second-order valence-corrected chi connectivity index (χ2v) is 6.97. The highest BCUT2D eigenvalue weighted by Crippen LogP contribution is 2.24. The predicted octanol–water partition coefficient (Wildman–Crippen LogP) is 4.01. The van der Waals surface area contributed by atoms with Crippen molar-refractivity contribution >= 4 is 11.5 Å². The summed E-state index contributed by atoms with van der Waals surface area (Å²) < 4.78 is 20.3. The van der Waals surface area contributed by atoms with Crippen LogP contribution in [0.2, 0.25) is 0 Å². The summed E-state index contributed by atoms with van der Waals surface area (Å²) in [4.78, 5) is 20.0.